The molecule has 1 saturated heterocycles. The maximum atomic E-state index is 14.1. The monoisotopic (exact) mass is 868 g/mol. The van der Waals surface area contributed by atoms with Gasteiger partial charge in [-0.3, -0.25) is 18.2 Å². The van der Waals surface area contributed by atoms with Crippen LogP contribution in [0.5, 0.6) is 0 Å². The van der Waals surface area contributed by atoms with E-state index in [1.54, 1.807) is 10.9 Å². The van der Waals surface area contributed by atoms with E-state index < -0.39 is 57.8 Å². The van der Waals surface area contributed by atoms with Gasteiger partial charge in [-0.05, 0) is 11.1 Å². The summed E-state index contributed by atoms with van der Waals surface area (Å²) in [7, 11) is -0.481. The Morgan fingerprint density at radius 1 is 0.881 bits per heavy atom. The average molecular weight is 869 g/mol. The zero-order chi connectivity index (χ0) is 41.6. The molecule has 312 valence electrons. The van der Waals surface area contributed by atoms with Gasteiger partial charge in [0.1, 0.15) is 37.2 Å². The molecule has 0 spiro atoms. The molecule has 6 aromatic rings. The fraction of sp³-hybridized carbons (Fsp3) is 0.371. The van der Waals surface area contributed by atoms with Crippen molar-refractivity contribution in [2.45, 2.75) is 56.4 Å². The van der Waals surface area contributed by atoms with Crippen LogP contribution in [0.3, 0.4) is 0 Å². The van der Waals surface area contributed by atoms with Gasteiger partial charge < -0.3 is 43.9 Å². The Kier molecular flexibility index (Phi) is 13.8. The van der Waals surface area contributed by atoms with Gasteiger partial charge in [0.25, 0.3) is 15.0 Å². The number of hydrogen-bond acceptors (Lipinski definition) is 18. The number of hydrogen-bond donors (Lipinski definition) is 5. The molecule has 59 heavy (non-hydrogen) atoms. The van der Waals surface area contributed by atoms with E-state index >= 15 is 0 Å². The molecular weight excluding hydrogens is 825 g/mol. The lowest BCUT2D eigenvalue weighted by Gasteiger charge is -2.33. The van der Waals surface area contributed by atoms with Crippen LogP contribution >= 0.6 is 26.5 Å². The Morgan fingerprint density at radius 2 is 1.47 bits per heavy atom. The number of imidazole rings is 2. The molecule has 0 bridgehead atoms. The van der Waals surface area contributed by atoms with Crippen molar-refractivity contribution < 1.29 is 46.9 Å². The van der Waals surface area contributed by atoms with E-state index in [1.807, 2.05) is 60.7 Å². The van der Waals surface area contributed by atoms with Crippen LogP contribution in [0, 0.1) is 0 Å². The van der Waals surface area contributed by atoms with Crippen LogP contribution in [0.15, 0.2) is 86.0 Å². The molecule has 1 aliphatic rings. The molecule has 2 aromatic carbocycles. The summed E-state index contributed by atoms with van der Waals surface area (Å²) in [6.45, 7) is -3.70. The molecule has 1 fully saturated rings. The number of fused-ring (bicyclic) bond motifs is 2. The van der Waals surface area contributed by atoms with Crippen LogP contribution in [0.1, 0.15) is 30.0 Å². The molecule has 7 rings (SSSR count). The highest BCUT2D eigenvalue weighted by Gasteiger charge is 2.41. The van der Waals surface area contributed by atoms with E-state index in [4.69, 9.17) is 27.6 Å². The van der Waals surface area contributed by atoms with E-state index in [0.29, 0.717) is 41.4 Å². The lowest BCUT2D eigenvalue weighted by molar-refractivity contribution is -0.106. The first-order chi connectivity index (χ1) is 28.4. The molecule has 0 aliphatic carbocycles. The molecule has 4 aromatic heterocycles. The average Bonchev–Trinajstić information content (AvgIpc) is 3.99. The third-order valence-electron chi connectivity index (χ3n) is 9.50. The fourth-order valence-electron chi connectivity index (χ4n) is 6.42. The number of aliphatic hydroxyl groups excluding tert-OH is 2. The standard InChI is InChI=1S/C35H43BN10O10P2S/c1-51-26(17-54-58(50,59)52-2)30(35(48)46-21-44-29-32(40-19-42-34(29)46)38-15-23-11-7-4-8-12-23)56-57(36,49)53-16-25-24(47)13-27(55-25)45-20-43-28-31(39-18-41-33(28)45)37-14-22-9-5-3-6-10-22/h3-12,18-21,24-27,30,35,47-48H,13-17,36H2,1-2H3,(H,50,59)(H,37,39,41)(H,38,40,42)/t24-,25+,26+,27+,30+,35+,57?,58?/m0/s1. The van der Waals surface area contributed by atoms with Gasteiger partial charge in [0.05, 0.1) is 32.0 Å². The minimum Gasteiger partial charge on any atom is -0.390 e. The van der Waals surface area contributed by atoms with Crippen molar-refractivity contribution in [3.63, 3.8) is 0 Å². The van der Waals surface area contributed by atoms with Crippen LogP contribution in [0.4, 0.5) is 11.6 Å². The number of nitrogens with zero attached hydrogens (tertiary/aromatic N) is 8. The first-order valence-corrected chi connectivity index (χ1v) is 23.0. The molecule has 1 aliphatic heterocycles. The zero-order valence-corrected chi connectivity index (χ0v) is 34.8. The summed E-state index contributed by atoms with van der Waals surface area (Å²) >= 11 is 3.92. The largest absolute Gasteiger partial charge is 0.390 e. The molecular formula is C35H43BN10O10P2S. The Balaban J connectivity index is 1.05. The van der Waals surface area contributed by atoms with Gasteiger partial charge in [0.2, 0.25) is 0 Å². The van der Waals surface area contributed by atoms with Crippen molar-refractivity contribution in [1.82, 2.24) is 39.0 Å². The number of thiol groups is 1. The molecule has 20 nitrogen and oxygen atoms in total. The first kappa shape index (κ1) is 42.8. The predicted octanol–water partition coefficient (Wildman–Crippen LogP) is 3.89. The van der Waals surface area contributed by atoms with Crippen molar-refractivity contribution in [1.29, 1.82) is 0 Å². The fourth-order valence-corrected chi connectivity index (χ4v) is 8.22. The molecule has 8 atom stereocenters. The normalized spacial score (nSPS) is 20.5. The zero-order valence-electron chi connectivity index (χ0n) is 32.2. The summed E-state index contributed by atoms with van der Waals surface area (Å²) in [6, 6.07) is 19.5. The lowest BCUT2D eigenvalue weighted by atomic mass is 10.2. The lowest BCUT2D eigenvalue weighted by Crippen LogP contribution is -2.41. The molecule has 4 N–H and O–H groups in total. The molecule has 2 unspecified atom stereocenters. The summed E-state index contributed by atoms with van der Waals surface area (Å²) in [5.41, 5.74) is 3.61. The summed E-state index contributed by atoms with van der Waals surface area (Å²) in [5.74, 6) is 0.937. The molecule has 0 radical (unpaired) electrons. The molecule has 0 saturated carbocycles. The maximum Gasteiger partial charge on any atom is 0.385 e. The van der Waals surface area contributed by atoms with E-state index in [0.717, 1.165) is 18.2 Å². The van der Waals surface area contributed by atoms with Crippen molar-refractivity contribution in [2.75, 3.05) is 38.1 Å². The second-order valence-corrected chi connectivity index (χ2v) is 18.5. The third kappa shape index (κ3) is 10.4. The van der Waals surface area contributed by atoms with Gasteiger partial charge in [-0.25, -0.2) is 34.5 Å². The van der Waals surface area contributed by atoms with Crippen molar-refractivity contribution in [3.05, 3.63) is 97.1 Å². The smallest absolute Gasteiger partial charge is 0.385 e. The minimum absolute atomic E-state index is 0.149. The minimum atomic E-state index is -4.13. The second kappa shape index (κ2) is 19.0. The van der Waals surface area contributed by atoms with Crippen LogP contribution in [0.25, 0.3) is 22.3 Å². The number of aromatic nitrogens is 8. The predicted molar refractivity (Wildman–Crippen MR) is 221 cm³/mol. The van der Waals surface area contributed by atoms with Crippen molar-refractivity contribution >= 4 is 68.0 Å². The van der Waals surface area contributed by atoms with Crippen molar-refractivity contribution in [2.24, 2.45) is 0 Å². The van der Waals surface area contributed by atoms with E-state index in [-0.39, 0.29) is 18.7 Å². The summed E-state index contributed by atoms with van der Waals surface area (Å²) < 4.78 is 63.4. The Labute approximate surface area is 344 Å². The van der Waals surface area contributed by atoms with Gasteiger partial charge >= 0.3 is 6.80 Å². The van der Waals surface area contributed by atoms with Crippen LogP contribution in [-0.4, -0.2) is 109 Å². The third-order valence-corrected chi connectivity index (χ3v) is 12.5. The van der Waals surface area contributed by atoms with E-state index in [9.17, 15) is 19.3 Å². The number of nitrogens with one attached hydrogen (secondary N) is 2. The van der Waals surface area contributed by atoms with E-state index in [1.165, 1.54) is 38.2 Å². The first-order valence-electron chi connectivity index (χ1n) is 18.3. The molecule has 24 heteroatoms. The Bertz CT molecular complexity index is 2420. The number of anilines is 2. The van der Waals surface area contributed by atoms with Crippen LogP contribution < -0.4 is 10.6 Å². The summed E-state index contributed by atoms with van der Waals surface area (Å²) in [6.07, 6.45) is -1.34. The quantitative estimate of drug-likeness (QED) is 0.0415. The maximum absolute atomic E-state index is 14.1. The van der Waals surface area contributed by atoms with Gasteiger partial charge in [-0.15, -0.1) is 0 Å². The SMILES string of the molecule is BP(=O)(OC[C@H]1O[C@@H](n2cnc3c(NCc4ccccc4)ncnc32)C[C@@H]1O)O[C@@H]([C@@H](O)n1cnc2c(NCc3ccccc3)ncnc21)[C@@H](COP(=O)(S)OC)OC. The van der Waals surface area contributed by atoms with Crippen LogP contribution in [0.2, 0.25) is 0 Å². The topological polar surface area (TPSA) is 241 Å². The summed E-state index contributed by atoms with van der Waals surface area (Å²) in [4.78, 5) is 26.4. The van der Waals surface area contributed by atoms with Crippen LogP contribution in [-0.2, 0) is 49.8 Å². The number of aliphatic hydroxyl groups is 2. The highest BCUT2D eigenvalue weighted by molar-refractivity contribution is 8.44. The number of ether oxygens (including phenoxy) is 2. The number of methoxy groups -OCH3 is 1. The van der Waals surface area contributed by atoms with Gasteiger partial charge in [-0.2, -0.15) is 0 Å². The Morgan fingerprint density at radius 3 is 2.08 bits per heavy atom. The molecule has 0 amide bonds. The van der Waals surface area contributed by atoms with Crippen molar-refractivity contribution in [3.8, 4) is 0 Å². The van der Waals surface area contributed by atoms with Gasteiger partial charge in [0.15, 0.2) is 40.2 Å². The molecule has 5 heterocycles. The van der Waals surface area contributed by atoms with Gasteiger partial charge in [0, 0.05) is 33.7 Å². The second-order valence-electron chi connectivity index (χ2n) is 13.5. The highest BCUT2D eigenvalue weighted by Crippen LogP contribution is 2.53. The number of benzene rings is 2. The van der Waals surface area contributed by atoms with Gasteiger partial charge in [-0.1, -0.05) is 72.9 Å². The summed E-state index contributed by atoms with van der Waals surface area (Å²) in [5, 5.41) is 29.4. The highest BCUT2D eigenvalue weighted by atomic mass is 32.7. The Hall–Kier alpha value is -4.31. The number of rotatable bonds is 20. The van der Waals surface area contributed by atoms with E-state index in [2.05, 4.69) is 52.8 Å².